The van der Waals surface area contributed by atoms with Crippen molar-refractivity contribution in [3.8, 4) is 11.5 Å². The molecule has 1 atom stereocenters. The fourth-order valence-corrected chi connectivity index (χ4v) is 3.54. The molecular weight excluding hydrogens is 298 g/mol. The molecule has 0 saturated carbocycles. The molecular formula is C17H25NO5. The highest BCUT2D eigenvalue weighted by atomic mass is 16.7. The summed E-state index contributed by atoms with van der Waals surface area (Å²) in [5.41, 5.74) is 1.12. The molecule has 2 aliphatic rings. The van der Waals surface area contributed by atoms with Crippen LogP contribution in [-0.2, 0) is 9.47 Å². The highest BCUT2D eigenvalue weighted by Gasteiger charge is 2.44. The topological polar surface area (TPSA) is 60.4 Å². The molecule has 0 radical (unpaired) electrons. The fraction of sp³-hybridized carbons (Fsp3) is 0.647. The van der Waals surface area contributed by atoms with Gasteiger partial charge in [0.1, 0.15) is 0 Å². The highest BCUT2D eigenvalue weighted by molar-refractivity contribution is 5.44. The van der Waals surface area contributed by atoms with E-state index in [-0.39, 0.29) is 12.6 Å². The molecule has 128 valence electrons. The predicted molar refractivity (Wildman–Crippen MR) is 84.8 cm³/mol. The lowest BCUT2D eigenvalue weighted by atomic mass is 9.90. The van der Waals surface area contributed by atoms with Gasteiger partial charge in [0.05, 0.1) is 34.0 Å². The van der Waals surface area contributed by atoms with Crippen molar-refractivity contribution in [2.24, 2.45) is 0 Å². The molecule has 1 N–H and O–H groups in total. The van der Waals surface area contributed by atoms with Gasteiger partial charge in [0.25, 0.3) is 0 Å². The number of aliphatic hydroxyl groups excluding tert-OH is 1. The fourth-order valence-electron chi connectivity index (χ4n) is 3.54. The molecule has 0 bridgehead atoms. The first-order chi connectivity index (χ1) is 11.2. The monoisotopic (exact) mass is 323 g/mol. The quantitative estimate of drug-likeness (QED) is 0.888. The van der Waals surface area contributed by atoms with Crippen LogP contribution < -0.4 is 9.47 Å². The number of nitrogens with zero attached hydrogens (tertiary/aromatic N) is 1. The van der Waals surface area contributed by atoms with Gasteiger partial charge in [0.2, 0.25) is 0 Å². The number of hydrogen-bond acceptors (Lipinski definition) is 6. The first-order valence-electron chi connectivity index (χ1n) is 8.06. The maximum Gasteiger partial charge on any atom is 0.171 e. The van der Waals surface area contributed by atoms with Crippen LogP contribution in [-0.4, -0.2) is 62.9 Å². The van der Waals surface area contributed by atoms with Gasteiger partial charge in [-0.05, 0) is 17.7 Å². The van der Waals surface area contributed by atoms with E-state index in [4.69, 9.17) is 18.9 Å². The minimum atomic E-state index is -0.482. The standard InChI is InChI=1S/C17H25NO5/c1-20-15-4-3-13(11-16(15)21-2)14-12-17(22-9-10-23-17)5-6-18(14)7-8-19/h3-4,11,14,19H,5-10,12H2,1-2H3/t14-/m0/s1. The van der Waals surface area contributed by atoms with Crippen LogP contribution in [0.5, 0.6) is 11.5 Å². The predicted octanol–water partition coefficient (Wildman–Crippen LogP) is 1.58. The summed E-state index contributed by atoms with van der Waals surface area (Å²) in [6.45, 7) is 2.91. The number of rotatable bonds is 5. The number of likely N-dealkylation sites (tertiary alicyclic amines) is 1. The number of ether oxygens (including phenoxy) is 4. The molecule has 6 heteroatoms. The average Bonchev–Trinajstić information content (AvgIpc) is 3.04. The van der Waals surface area contributed by atoms with Crippen molar-refractivity contribution in [2.45, 2.75) is 24.7 Å². The van der Waals surface area contributed by atoms with E-state index in [0.29, 0.717) is 31.3 Å². The van der Waals surface area contributed by atoms with Crippen LogP contribution in [0.15, 0.2) is 18.2 Å². The third-order valence-corrected chi connectivity index (χ3v) is 4.72. The Hall–Kier alpha value is -1.34. The summed E-state index contributed by atoms with van der Waals surface area (Å²) in [7, 11) is 3.27. The normalized spacial score (nSPS) is 24.0. The van der Waals surface area contributed by atoms with Crippen molar-refractivity contribution in [1.82, 2.24) is 4.90 Å². The van der Waals surface area contributed by atoms with E-state index in [2.05, 4.69) is 4.90 Å². The van der Waals surface area contributed by atoms with E-state index in [1.54, 1.807) is 14.2 Å². The van der Waals surface area contributed by atoms with E-state index in [1.807, 2.05) is 18.2 Å². The Morgan fingerprint density at radius 1 is 1.22 bits per heavy atom. The minimum absolute atomic E-state index is 0.119. The molecule has 0 aromatic heterocycles. The maximum absolute atomic E-state index is 9.37. The molecule has 1 aromatic rings. The molecule has 23 heavy (non-hydrogen) atoms. The van der Waals surface area contributed by atoms with Gasteiger partial charge in [-0.2, -0.15) is 0 Å². The van der Waals surface area contributed by atoms with Crippen LogP contribution in [0, 0.1) is 0 Å². The van der Waals surface area contributed by atoms with Gasteiger partial charge >= 0.3 is 0 Å². The van der Waals surface area contributed by atoms with Gasteiger partial charge < -0.3 is 24.1 Å². The van der Waals surface area contributed by atoms with Crippen molar-refractivity contribution in [3.63, 3.8) is 0 Å². The van der Waals surface area contributed by atoms with Crippen molar-refractivity contribution in [2.75, 3.05) is 47.1 Å². The van der Waals surface area contributed by atoms with Crippen LogP contribution in [0.1, 0.15) is 24.4 Å². The molecule has 2 heterocycles. The second-order valence-electron chi connectivity index (χ2n) is 5.95. The van der Waals surface area contributed by atoms with E-state index < -0.39 is 5.79 Å². The largest absolute Gasteiger partial charge is 0.493 e. The van der Waals surface area contributed by atoms with Gasteiger partial charge in [-0.1, -0.05) is 6.07 Å². The second kappa shape index (κ2) is 7.05. The third kappa shape index (κ3) is 3.30. The zero-order valence-electron chi connectivity index (χ0n) is 13.8. The van der Waals surface area contributed by atoms with Gasteiger partial charge in [-0.25, -0.2) is 0 Å². The summed E-state index contributed by atoms with van der Waals surface area (Å²) in [5, 5.41) is 9.37. The molecule has 2 aliphatic heterocycles. The molecule has 2 saturated heterocycles. The van der Waals surface area contributed by atoms with Crippen LogP contribution in [0.25, 0.3) is 0 Å². The lowest BCUT2D eigenvalue weighted by Crippen LogP contribution is -2.47. The van der Waals surface area contributed by atoms with Crippen LogP contribution in [0.3, 0.4) is 0 Å². The number of β-amino-alcohol motifs (C(OH)–C–C–N with tert-alkyl or cyclic N) is 1. The Balaban J connectivity index is 1.88. The minimum Gasteiger partial charge on any atom is -0.493 e. The van der Waals surface area contributed by atoms with Gasteiger partial charge in [-0.15, -0.1) is 0 Å². The maximum atomic E-state index is 9.37. The van der Waals surface area contributed by atoms with Gasteiger partial charge in [-0.3, -0.25) is 4.90 Å². The molecule has 1 aromatic carbocycles. The molecule has 6 nitrogen and oxygen atoms in total. The Labute approximate surface area is 136 Å². The number of hydrogen-bond donors (Lipinski definition) is 1. The van der Waals surface area contributed by atoms with Crippen molar-refractivity contribution in [3.05, 3.63) is 23.8 Å². The number of methoxy groups -OCH3 is 2. The lowest BCUT2D eigenvalue weighted by molar-refractivity contribution is -0.198. The Bertz CT molecular complexity index is 530. The zero-order valence-corrected chi connectivity index (χ0v) is 13.8. The summed E-state index contributed by atoms with van der Waals surface area (Å²) in [4.78, 5) is 2.28. The van der Waals surface area contributed by atoms with E-state index >= 15 is 0 Å². The van der Waals surface area contributed by atoms with Crippen LogP contribution in [0.2, 0.25) is 0 Å². The van der Waals surface area contributed by atoms with E-state index in [0.717, 1.165) is 24.9 Å². The van der Waals surface area contributed by atoms with Crippen molar-refractivity contribution >= 4 is 0 Å². The summed E-state index contributed by atoms with van der Waals surface area (Å²) in [5.74, 6) is 0.940. The molecule has 0 unspecified atom stereocenters. The average molecular weight is 323 g/mol. The van der Waals surface area contributed by atoms with E-state index in [9.17, 15) is 5.11 Å². The molecule has 0 amide bonds. The first kappa shape index (κ1) is 16.5. The Morgan fingerprint density at radius 3 is 2.61 bits per heavy atom. The lowest BCUT2D eigenvalue weighted by Gasteiger charge is -2.43. The van der Waals surface area contributed by atoms with Gasteiger partial charge in [0.15, 0.2) is 17.3 Å². The highest BCUT2D eigenvalue weighted by Crippen LogP contribution is 2.42. The van der Waals surface area contributed by atoms with Crippen molar-refractivity contribution in [1.29, 1.82) is 0 Å². The van der Waals surface area contributed by atoms with E-state index in [1.165, 1.54) is 0 Å². The SMILES string of the molecule is COc1ccc([C@@H]2CC3(CCN2CCO)OCCO3)cc1OC. The van der Waals surface area contributed by atoms with Gasteiger partial charge in [0, 0.05) is 32.0 Å². The third-order valence-electron chi connectivity index (χ3n) is 4.72. The molecule has 0 aliphatic carbocycles. The summed E-state index contributed by atoms with van der Waals surface area (Å²) < 4.78 is 22.5. The summed E-state index contributed by atoms with van der Waals surface area (Å²) >= 11 is 0. The Kier molecular flexibility index (Phi) is 5.06. The molecule has 1 spiro atoms. The number of piperidine rings is 1. The smallest absolute Gasteiger partial charge is 0.171 e. The number of aliphatic hydroxyl groups is 1. The summed E-state index contributed by atoms with van der Waals surface area (Å²) in [6, 6.07) is 6.09. The first-order valence-corrected chi connectivity index (χ1v) is 8.06. The number of benzene rings is 1. The molecule has 3 rings (SSSR count). The van der Waals surface area contributed by atoms with Crippen LogP contribution in [0.4, 0.5) is 0 Å². The second-order valence-corrected chi connectivity index (χ2v) is 5.95. The van der Waals surface area contributed by atoms with Crippen molar-refractivity contribution < 1.29 is 24.1 Å². The molecule has 2 fully saturated rings. The zero-order chi connectivity index (χ0) is 16.3. The van der Waals surface area contributed by atoms with Crippen LogP contribution >= 0.6 is 0 Å². The Morgan fingerprint density at radius 2 is 1.96 bits per heavy atom. The summed E-state index contributed by atoms with van der Waals surface area (Å²) in [6.07, 6.45) is 1.58.